The Morgan fingerprint density at radius 2 is 1.84 bits per heavy atom. The van der Waals surface area contributed by atoms with Crippen LogP contribution in [0.1, 0.15) is 27.6 Å². The first kappa shape index (κ1) is 18.4. The molecule has 7 nitrogen and oxygen atoms in total. The Morgan fingerprint density at radius 3 is 2.48 bits per heavy atom. The maximum Gasteiger partial charge on any atom is 0.273 e. The number of benzene rings is 2. The van der Waals surface area contributed by atoms with Gasteiger partial charge in [0.1, 0.15) is 5.75 Å². The van der Waals surface area contributed by atoms with Crippen LogP contribution in [0.4, 0.5) is 0 Å². The zero-order chi connectivity index (χ0) is 18.4. The molecule has 0 aliphatic heterocycles. The van der Waals surface area contributed by atoms with E-state index in [1.165, 1.54) is 31.4 Å². The van der Waals surface area contributed by atoms with Crippen LogP contribution in [0.5, 0.6) is 17.2 Å². The number of carbonyl (C=O) groups is 2. The molecule has 2 rings (SSSR count). The summed E-state index contributed by atoms with van der Waals surface area (Å²) >= 11 is 6.11. The number of carbonyl (C=O) groups excluding carboxylic acids is 2. The van der Waals surface area contributed by atoms with E-state index in [4.69, 9.17) is 21.1 Å². The minimum Gasteiger partial charge on any atom is -0.507 e. The zero-order valence-electron chi connectivity index (χ0n) is 13.6. The van der Waals surface area contributed by atoms with Gasteiger partial charge in [-0.05, 0) is 31.2 Å². The number of methoxy groups -OCH3 is 1. The number of nitrogens with one attached hydrogen (secondary N) is 2. The summed E-state index contributed by atoms with van der Waals surface area (Å²) in [5, 5.41) is 9.83. The summed E-state index contributed by atoms with van der Waals surface area (Å²) in [7, 11) is 1.43. The smallest absolute Gasteiger partial charge is 0.273 e. The first-order valence-corrected chi connectivity index (χ1v) is 7.74. The number of ether oxygens (including phenoxy) is 2. The summed E-state index contributed by atoms with van der Waals surface area (Å²) < 4.78 is 10.5. The third-order valence-electron chi connectivity index (χ3n) is 3.22. The lowest BCUT2D eigenvalue weighted by atomic mass is 10.2. The molecule has 0 radical (unpaired) electrons. The number of para-hydroxylation sites is 1. The second kappa shape index (κ2) is 8.25. The summed E-state index contributed by atoms with van der Waals surface area (Å²) in [6.45, 7) is 2.18. The average molecular weight is 365 g/mol. The predicted octanol–water partition coefficient (Wildman–Crippen LogP) is 2.53. The highest BCUT2D eigenvalue weighted by molar-refractivity contribution is 6.32. The molecule has 0 saturated carbocycles. The van der Waals surface area contributed by atoms with E-state index in [0.717, 1.165) is 0 Å². The van der Waals surface area contributed by atoms with E-state index in [1.54, 1.807) is 19.1 Å². The van der Waals surface area contributed by atoms with Gasteiger partial charge in [0.15, 0.2) is 11.5 Å². The Morgan fingerprint density at radius 1 is 1.16 bits per heavy atom. The molecule has 0 bridgehead atoms. The molecule has 0 atom stereocenters. The van der Waals surface area contributed by atoms with Crippen molar-refractivity contribution >= 4 is 23.4 Å². The first-order chi connectivity index (χ1) is 12.0. The third kappa shape index (κ3) is 4.33. The summed E-state index contributed by atoms with van der Waals surface area (Å²) in [6.07, 6.45) is 0. The molecule has 0 aromatic heterocycles. The fourth-order valence-electron chi connectivity index (χ4n) is 2.05. The summed E-state index contributed by atoms with van der Waals surface area (Å²) in [5.74, 6) is -0.824. The van der Waals surface area contributed by atoms with Crippen molar-refractivity contribution in [3.05, 3.63) is 52.5 Å². The van der Waals surface area contributed by atoms with E-state index >= 15 is 0 Å². The van der Waals surface area contributed by atoms with Crippen molar-refractivity contribution in [3.8, 4) is 17.2 Å². The van der Waals surface area contributed by atoms with Gasteiger partial charge in [-0.25, -0.2) is 0 Å². The second-order valence-electron chi connectivity index (χ2n) is 4.85. The van der Waals surface area contributed by atoms with Crippen LogP contribution in [0.2, 0.25) is 5.02 Å². The highest BCUT2D eigenvalue weighted by atomic mass is 35.5. The standard InChI is InChI=1S/C17H17ClN2O5/c1-3-25-15-12(18)8-10(9-14(15)24-2)16(22)19-20-17(23)11-6-4-5-7-13(11)21/h4-9,21H,3H2,1-2H3,(H,19,22)(H,20,23). The number of aromatic hydroxyl groups is 1. The molecule has 2 amide bonds. The lowest BCUT2D eigenvalue weighted by molar-refractivity contribution is 0.0845. The Labute approximate surface area is 149 Å². The molecule has 0 heterocycles. The highest BCUT2D eigenvalue weighted by Gasteiger charge is 2.17. The van der Waals surface area contributed by atoms with E-state index in [0.29, 0.717) is 18.1 Å². The number of phenolic OH excluding ortho intramolecular Hbond substituents is 1. The molecule has 0 unspecified atom stereocenters. The molecule has 2 aromatic rings. The quantitative estimate of drug-likeness (QED) is 0.708. The minimum absolute atomic E-state index is 0.0325. The number of phenols is 1. The second-order valence-corrected chi connectivity index (χ2v) is 5.26. The van der Waals surface area contributed by atoms with Crippen molar-refractivity contribution in [3.63, 3.8) is 0 Å². The van der Waals surface area contributed by atoms with E-state index in [2.05, 4.69) is 10.9 Å². The average Bonchev–Trinajstić information content (AvgIpc) is 2.61. The van der Waals surface area contributed by atoms with Crippen molar-refractivity contribution in [2.24, 2.45) is 0 Å². The van der Waals surface area contributed by atoms with Crippen LogP contribution < -0.4 is 20.3 Å². The van der Waals surface area contributed by atoms with Gasteiger partial charge in [-0.15, -0.1) is 0 Å². The van der Waals surface area contributed by atoms with Crippen molar-refractivity contribution in [1.29, 1.82) is 0 Å². The summed E-state index contributed by atoms with van der Waals surface area (Å²) in [5.41, 5.74) is 4.67. The molecule has 3 N–H and O–H groups in total. The van der Waals surface area contributed by atoms with E-state index in [-0.39, 0.29) is 21.9 Å². The number of hydrogen-bond donors (Lipinski definition) is 3. The van der Waals surface area contributed by atoms with Gasteiger partial charge in [0.05, 0.1) is 24.3 Å². The Bertz CT molecular complexity index is 795. The monoisotopic (exact) mass is 364 g/mol. The Balaban J connectivity index is 2.12. The predicted molar refractivity (Wildman–Crippen MR) is 92.2 cm³/mol. The fourth-order valence-corrected chi connectivity index (χ4v) is 2.32. The van der Waals surface area contributed by atoms with Crippen LogP contribution in [0.25, 0.3) is 0 Å². The minimum atomic E-state index is -0.657. The lowest BCUT2D eigenvalue weighted by Gasteiger charge is -2.13. The molecule has 132 valence electrons. The first-order valence-electron chi connectivity index (χ1n) is 7.37. The summed E-state index contributed by atoms with van der Waals surface area (Å²) in [4.78, 5) is 24.2. The number of hydrogen-bond acceptors (Lipinski definition) is 5. The van der Waals surface area contributed by atoms with E-state index in [9.17, 15) is 14.7 Å². The topological polar surface area (TPSA) is 96.9 Å². The molecule has 2 aromatic carbocycles. The van der Waals surface area contributed by atoms with Crippen molar-refractivity contribution in [1.82, 2.24) is 10.9 Å². The number of hydrazine groups is 1. The van der Waals surface area contributed by atoms with Gasteiger partial charge >= 0.3 is 0 Å². The van der Waals surface area contributed by atoms with Gasteiger partial charge in [0.2, 0.25) is 0 Å². The SMILES string of the molecule is CCOc1c(Cl)cc(C(=O)NNC(=O)c2ccccc2O)cc1OC. The maximum atomic E-state index is 12.2. The van der Waals surface area contributed by atoms with Crippen LogP contribution >= 0.6 is 11.6 Å². The molecule has 0 spiro atoms. The van der Waals surface area contributed by atoms with Crippen LogP contribution in [0, 0.1) is 0 Å². The maximum absolute atomic E-state index is 12.2. The van der Waals surface area contributed by atoms with Crippen LogP contribution in [-0.2, 0) is 0 Å². The zero-order valence-corrected chi connectivity index (χ0v) is 14.4. The molecule has 25 heavy (non-hydrogen) atoms. The molecule has 0 saturated heterocycles. The van der Waals surface area contributed by atoms with Gasteiger partial charge in [-0.2, -0.15) is 0 Å². The van der Waals surface area contributed by atoms with Crippen molar-refractivity contribution < 1.29 is 24.2 Å². The molecule has 0 aliphatic carbocycles. The van der Waals surface area contributed by atoms with Gasteiger partial charge < -0.3 is 14.6 Å². The fraction of sp³-hybridized carbons (Fsp3) is 0.176. The molecular formula is C17H17ClN2O5. The van der Waals surface area contributed by atoms with Gasteiger partial charge in [-0.1, -0.05) is 23.7 Å². The third-order valence-corrected chi connectivity index (χ3v) is 3.50. The van der Waals surface area contributed by atoms with Crippen molar-refractivity contribution in [2.75, 3.05) is 13.7 Å². The van der Waals surface area contributed by atoms with Crippen LogP contribution in [0.15, 0.2) is 36.4 Å². The summed E-state index contributed by atoms with van der Waals surface area (Å²) in [6, 6.07) is 8.81. The van der Waals surface area contributed by atoms with Crippen molar-refractivity contribution in [2.45, 2.75) is 6.92 Å². The van der Waals surface area contributed by atoms with Crippen LogP contribution in [0.3, 0.4) is 0 Å². The Kier molecular flexibility index (Phi) is 6.08. The highest BCUT2D eigenvalue weighted by Crippen LogP contribution is 2.36. The molecule has 0 aliphatic rings. The largest absolute Gasteiger partial charge is 0.507 e. The number of rotatable bonds is 5. The van der Waals surface area contributed by atoms with Crippen LogP contribution in [-0.4, -0.2) is 30.6 Å². The normalized spacial score (nSPS) is 10.0. The lowest BCUT2D eigenvalue weighted by Crippen LogP contribution is -2.41. The van der Waals surface area contributed by atoms with Gasteiger partial charge in [0.25, 0.3) is 11.8 Å². The number of amides is 2. The van der Waals surface area contributed by atoms with E-state index in [1.807, 2.05) is 0 Å². The molecule has 0 fully saturated rings. The Hall–Kier alpha value is -2.93. The van der Waals surface area contributed by atoms with Gasteiger partial charge in [-0.3, -0.25) is 20.4 Å². The molecule has 8 heteroatoms. The van der Waals surface area contributed by atoms with Gasteiger partial charge in [0, 0.05) is 5.56 Å². The van der Waals surface area contributed by atoms with E-state index < -0.39 is 11.8 Å². The number of halogens is 1. The molecular weight excluding hydrogens is 348 g/mol.